The second-order valence-electron chi connectivity index (χ2n) is 4.27. The summed E-state index contributed by atoms with van der Waals surface area (Å²) in [5.41, 5.74) is 4.47. The van der Waals surface area contributed by atoms with Gasteiger partial charge in [0.1, 0.15) is 0 Å². The van der Waals surface area contributed by atoms with Gasteiger partial charge in [-0.25, -0.2) is 4.98 Å². The van der Waals surface area contributed by atoms with Gasteiger partial charge in [-0.05, 0) is 25.1 Å². The van der Waals surface area contributed by atoms with Crippen LogP contribution in [0.1, 0.15) is 11.4 Å². The summed E-state index contributed by atoms with van der Waals surface area (Å²) < 4.78 is 0. The summed E-state index contributed by atoms with van der Waals surface area (Å²) in [6, 6.07) is 8.33. The Bertz CT molecular complexity index is 488. The van der Waals surface area contributed by atoms with Gasteiger partial charge in [0, 0.05) is 31.2 Å². The molecule has 4 heteroatoms. The van der Waals surface area contributed by atoms with Gasteiger partial charge in [0.05, 0.1) is 18.6 Å². The first-order valence-corrected chi connectivity index (χ1v) is 5.67. The van der Waals surface area contributed by atoms with E-state index >= 15 is 0 Å². The lowest BCUT2D eigenvalue weighted by Crippen LogP contribution is -2.09. The van der Waals surface area contributed by atoms with Gasteiger partial charge >= 0.3 is 0 Å². The molecule has 2 aromatic rings. The highest BCUT2D eigenvalue weighted by atomic mass is 15.1. The van der Waals surface area contributed by atoms with Crippen molar-refractivity contribution in [3.63, 3.8) is 0 Å². The van der Waals surface area contributed by atoms with Crippen LogP contribution in [0, 0.1) is 6.92 Å². The number of aromatic nitrogens is 2. The van der Waals surface area contributed by atoms with Crippen molar-refractivity contribution in [3.05, 3.63) is 42.0 Å². The molecule has 0 atom stereocenters. The fourth-order valence-corrected chi connectivity index (χ4v) is 1.65. The smallest absolute Gasteiger partial charge is 0.0925 e. The maximum absolute atomic E-state index is 4.26. The Balaban J connectivity index is 2.04. The molecule has 17 heavy (non-hydrogen) atoms. The van der Waals surface area contributed by atoms with Crippen LogP contribution in [0.2, 0.25) is 0 Å². The zero-order valence-electron chi connectivity index (χ0n) is 10.5. The monoisotopic (exact) mass is 230 g/mol. The van der Waals surface area contributed by atoms with Crippen molar-refractivity contribution in [1.29, 1.82) is 0 Å². The minimum Gasteiger partial charge on any atom is -0.379 e. The summed E-state index contributed by atoms with van der Waals surface area (Å²) in [5, 5.41) is 3.37. The third-order valence-corrected chi connectivity index (χ3v) is 2.76. The van der Waals surface area contributed by atoms with E-state index in [1.54, 1.807) is 6.33 Å². The molecule has 0 fully saturated rings. The largest absolute Gasteiger partial charge is 0.379 e. The molecule has 2 N–H and O–H groups in total. The first-order valence-electron chi connectivity index (χ1n) is 5.67. The van der Waals surface area contributed by atoms with Crippen LogP contribution in [0.3, 0.4) is 0 Å². The summed E-state index contributed by atoms with van der Waals surface area (Å²) in [6.45, 7) is 2.77. The van der Waals surface area contributed by atoms with Crippen molar-refractivity contribution in [2.24, 2.45) is 0 Å². The van der Waals surface area contributed by atoms with Crippen molar-refractivity contribution in [2.45, 2.75) is 13.5 Å². The van der Waals surface area contributed by atoms with E-state index in [0.717, 1.165) is 23.6 Å². The Hall–Kier alpha value is -1.97. The van der Waals surface area contributed by atoms with E-state index in [9.17, 15) is 0 Å². The molecule has 0 unspecified atom stereocenters. The van der Waals surface area contributed by atoms with Crippen LogP contribution in [-0.4, -0.2) is 24.1 Å². The second kappa shape index (κ2) is 4.91. The molecule has 0 aliphatic rings. The van der Waals surface area contributed by atoms with Gasteiger partial charge < -0.3 is 15.2 Å². The Morgan fingerprint density at radius 1 is 1.35 bits per heavy atom. The van der Waals surface area contributed by atoms with Crippen molar-refractivity contribution in [2.75, 3.05) is 24.3 Å². The highest BCUT2D eigenvalue weighted by molar-refractivity contribution is 5.57. The number of benzene rings is 1. The standard InChI is InChI=1S/C13H18N4/c1-10-13(16-9-15-10)8-14-11-5-4-6-12(7-11)17(2)3/h4-7,9,14H,8H2,1-3H3,(H,15,16). The number of hydrogen-bond acceptors (Lipinski definition) is 3. The zero-order valence-corrected chi connectivity index (χ0v) is 10.5. The SMILES string of the molecule is Cc1[nH]cnc1CNc1cccc(N(C)C)c1. The fraction of sp³-hybridized carbons (Fsp3) is 0.308. The van der Waals surface area contributed by atoms with Gasteiger partial charge in [0.15, 0.2) is 0 Å². The van der Waals surface area contributed by atoms with E-state index in [-0.39, 0.29) is 0 Å². The molecule has 1 aromatic carbocycles. The van der Waals surface area contributed by atoms with Crippen LogP contribution >= 0.6 is 0 Å². The summed E-state index contributed by atoms with van der Waals surface area (Å²) >= 11 is 0. The quantitative estimate of drug-likeness (QED) is 0.847. The summed E-state index contributed by atoms with van der Waals surface area (Å²) in [4.78, 5) is 9.42. The molecule has 4 nitrogen and oxygen atoms in total. The molecule has 0 aliphatic heterocycles. The molecule has 90 valence electrons. The predicted molar refractivity (Wildman–Crippen MR) is 71.4 cm³/mol. The Kier molecular flexibility index (Phi) is 3.32. The fourth-order valence-electron chi connectivity index (χ4n) is 1.65. The van der Waals surface area contributed by atoms with Crippen LogP contribution in [-0.2, 0) is 6.54 Å². The van der Waals surface area contributed by atoms with E-state index in [2.05, 4.69) is 44.5 Å². The number of rotatable bonds is 4. The van der Waals surface area contributed by atoms with E-state index in [0.29, 0.717) is 0 Å². The van der Waals surface area contributed by atoms with Crippen molar-refractivity contribution in [1.82, 2.24) is 9.97 Å². The minimum atomic E-state index is 0.742. The molecule has 0 radical (unpaired) electrons. The second-order valence-corrected chi connectivity index (χ2v) is 4.27. The average molecular weight is 230 g/mol. The molecule has 0 saturated heterocycles. The average Bonchev–Trinajstić information content (AvgIpc) is 2.72. The number of nitrogens with one attached hydrogen (secondary N) is 2. The van der Waals surface area contributed by atoms with Gasteiger partial charge in [0.2, 0.25) is 0 Å². The van der Waals surface area contributed by atoms with Crippen LogP contribution in [0.4, 0.5) is 11.4 Å². The van der Waals surface area contributed by atoms with Gasteiger partial charge in [-0.1, -0.05) is 6.07 Å². The predicted octanol–water partition coefficient (Wildman–Crippen LogP) is 2.40. The number of aromatic amines is 1. The first kappa shape index (κ1) is 11.5. The minimum absolute atomic E-state index is 0.742. The third kappa shape index (κ3) is 2.78. The highest BCUT2D eigenvalue weighted by Crippen LogP contribution is 2.17. The van der Waals surface area contributed by atoms with E-state index in [1.807, 2.05) is 21.0 Å². The van der Waals surface area contributed by atoms with Gasteiger partial charge in [-0.3, -0.25) is 0 Å². The first-order chi connectivity index (χ1) is 8.16. The highest BCUT2D eigenvalue weighted by Gasteiger charge is 2.01. The molecule has 1 heterocycles. The van der Waals surface area contributed by atoms with E-state index < -0.39 is 0 Å². The number of anilines is 2. The molecule has 0 bridgehead atoms. The number of aryl methyl sites for hydroxylation is 1. The zero-order chi connectivity index (χ0) is 12.3. The number of H-pyrrole nitrogens is 1. The van der Waals surface area contributed by atoms with Gasteiger partial charge in [-0.2, -0.15) is 0 Å². The maximum Gasteiger partial charge on any atom is 0.0925 e. The molecule has 0 saturated carbocycles. The van der Waals surface area contributed by atoms with Crippen LogP contribution < -0.4 is 10.2 Å². The Labute approximate surface area is 102 Å². The van der Waals surface area contributed by atoms with E-state index in [1.165, 1.54) is 5.69 Å². The van der Waals surface area contributed by atoms with Crippen molar-refractivity contribution < 1.29 is 0 Å². The maximum atomic E-state index is 4.26. The van der Waals surface area contributed by atoms with Gasteiger partial charge in [0.25, 0.3) is 0 Å². The van der Waals surface area contributed by atoms with Crippen LogP contribution in [0.15, 0.2) is 30.6 Å². The summed E-state index contributed by atoms with van der Waals surface area (Å²) in [7, 11) is 4.08. The molecular formula is C13H18N4. The molecule has 0 spiro atoms. The lowest BCUT2D eigenvalue weighted by atomic mass is 10.2. The summed E-state index contributed by atoms with van der Waals surface area (Å²) in [6.07, 6.45) is 1.72. The number of hydrogen-bond donors (Lipinski definition) is 2. The molecule has 2 rings (SSSR count). The lowest BCUT2D eigenvalue weighted by molar-refractivity contribution is 1.05. The Morgan fingerprint density at radius 2 is 2.18 bits per heavy atom. The molecule has 1 aromatic heterocycles. The van der Waals surface area contributed by atoms with Crippen molar-refractivity contribution >= 4 is 11.4 Å². The summed E-state index contributed by atoms with van der Waals surface area (Å²) in [5.74, 6) is 0. The Morgan fingerprint density at radius 3 is 2.82 bits per heavy atom. The van der Waals surface area contributed by atoms with Crippen LogP contribution in [0.5, 0.6) is 0 Å². The molecule has 0 amide bonds. The topological polar surface area (TPSA) is 44.0 Å². The van der Waals surface area contributed by atoms with E-state index in [4.69, 9.17) is 0 Å². The van der Waals surface area contributed by atoms with Gasteiger partial charge in [-0.15, -0.1) is 0 Å². The number of imidazole rings is 1. The third-order valence-electron chi connectivity index (χ3n) is 2.76. The molecular weight excluding hydrogens is 212 g/mol. The van der Waals surface area contributed by atoms with Crippen LogP contribution in [0.25, 0.3) is 0 Å². The normalized spacial score (nSPS) is 10.3. The number of nitrogens with zero attached hydrogens (tertiary/aromatic N) is 2. The molecule has 0 aliphatic carbocycles. The lowest BCUT2D eigenvalue weighted by Gasteiger charge is -2.14. The van der Waals surface area contributed by atoms with Crippen molar-refractivity contribution in [3.8, 4) is 0 Å².